The lowest BCUT2D eigenvalue weighted by atomic mass is 9.84. The first-order valence-electron chi connectivity index (χ1n) is 9.82. The lowest BCUT2D eigenvalue weighted by molar-refractivity contribution is -0.491. The zero-order valence-electron chi connectivity index (χ0n) is 20.2. The van der Waals surface area contributed by atoms with E-state index in [-0.39, 0.29) is 6.92 Å². The molecule has 1 atom stereocenters. The molecule has 0 saturated carbocycles. The largest absolute Gasteiger partial charge is 0.467 e. The maximum atomic E-state index is 14.1. The summed E-state index contributed by atoms with van der Waals surface area (Å²) in [5.74, 6) is -106. The lowest BCUT2D eigenvalue weighted by Gasteiger charge is -2.46. The molecular weight excluding hydrogens is 749 g/mol. The Kier molecular flexibility index (Phi) is 10.0. The lowest BCUT2D eigenvalue weighted by Crippen LogP contribution is -2.79. The molecule has 0 radical (unpaired) electrons. The van der Waals surface area contributed by atoms with Crippen LogP contribution < -0.4 is 0 Å². The molecule has 0 amide bonds. The molecule has 0 N–H and O–H groups in total. The minimum Gasteiger partial charge on any atom is -0.411 e. The molecule has 0 rings (SSSR count). The Hall–Kier alpha value is -2.68. The number of halogens is 27. The van der Waals surface area contributed by atoms with Crippen LogP contribution in [0.15, 0.2) is 12.2 Å². The fourth-order valence-corrected chi connectivity index (χ4v) is 2.47. The van der Waals surface area contributed by atoms with E-state index in [2.05, 4.69) is 11.3 Å². The topological polar surface area (TPSA) is 26.3 Å². The molecule has 0 aromatic rings. The summed E-state index contributed by atoms with van der Waals surface area (Å²) in [5, 5.41) is 0. The van der Waals surface area contributed by atoms with Gasteiger partial charge in [0.2, 0.25) is 0 Å². The van der Waals surface area contributed by atoms with E-state index in [0.717, 1.165) is 0 Å². The number of carbonyl (C=O) groups is 1. The highest BCUT2D eigenvalue weighted by atomic mass is 19.4. The van der Waals surface area contributed by atoms with E-state index in [0.29, 0.717) is 0 Å². The van der Waals surface area contributed by atoms with Crippen molar-refractivity contribution in [1.29, 1.82) is 0 Å². The Bertz CT molecular complexity index is 1170. The molecule has 0 aliphatic carbocycles. The second-order valence-electron chi connectivity index (χ2n) is 8.50. The SMILES string of the molecule is C=C(C)C(=O)OC(F)(C(F)(F)F)C(F)(F)C(F)(F)C(F)(F)C(F)(F)C(F)(F)C(F)(F)C(F)(F)C(F)(F)C(F)(F)C(F)(F)C(F)(F)F. The molecule has 46 heavy (non-hydrogen) atoms. The molecule has 1 unspecified atom stereocenters. The van der Waals surface area contributed by atoms with Crippen LogP contribution in [0.5, 0.6) is 0 Å². The van der Waals surface area contributed by atoms with Gasteiger partial charge in [-0.15, -0.1) is 0 Å². The molecule has 0 aromatic carbocycles. The van der Waals surface area contributed by atoms with Crippen molar-refractivity contribution >= 4 is 5.97 Å². The molecule has 274 valence electrons. The molecule has 2 nitrogen and oxygen atoms in total. The van der Waals surface area contributed by atoms with Crippen molar-refractivity contribution in [3.63, 3.8) is 0 Å². The maximum Gasteiger partial charge on any atom is 0.467 e. The Morgan fingerprint density at radius 2 is 0.565 bits per heavy atom. The van der Waals surface area contributed by atoms with E-state index < -0.39 is 89.0 Å². The zero-order chi connectivity index (χ0) is 38.4. The number of alkyl halides is 27. The van der Waals surface area contributed by atoms with E-state index in [1.54, 1.807) is 0 Å². The van der Waals surface area contributed by atoms with Crippen molar-refractivity contribution < 1.29 is 128 Å². The second-order valence-corrected chi connectivity index (χ2v) is 8.50. The highest BCUT2D eigenvalue weighted by molar-refractivity contribution is 5.87. The first-order valence-corrected chi connectivity index (χ1v) is 9.82. The molecule has 0 saturated heterocycles. The highest BCUT2D eigenvalue weighted by Gasteiger charge is 3.00. The van der Waals surface area contributed by atoms with Crippen molar-refractivity contribution in [2.24, 2.45) is 0 Å². The van der Waals surface area contributed by atoms with Crippen LogP contribution >= 0.6 is 0 Å². The first-order chi connectivity index (χ1) is 19.3. The fourth-order valence-electron chi connectivity index (χ4n) is 2.47. The summed E-state index contributed by atoms with van der Waals surface area (Å²) in [7, 11) is 0. The van der Waals surface area contributed by atoms with Gasteiger partial charge in [-0.25, -0.2) is 4.79 Å². The van der Waals surface area contributed by atoms with Gasteiger partial charge in [0.25, 0.3) is 0 Å². The monoisotopic (exact) mass is 754 g/mol. The van der Waals surface area contributed by atoms with Crippen molar-refractivity contribution in [2.45, 2.75) is 84.4 Å². The van der Waals surface area contributed by atoms with Crippen LogP contribution in [0.2, 0.25) is 0 Å². The van der Waals surface area contributed by atoms with Gasteiger partial charge < -0.3 is 4.74 Å². The van der Waals surface area contributed by atoms with E-state index in [9.17, 15) is 123 Å². The van der Waals surface area contributed by atoms with Gasteiger partial charge in [-0.3, -0.25) is 0 Å². The molecule has 0 bridgehead atoms. The Labute approximate surface area is 232 Å². The van der Waals surface area contributed by atoms with Crippen molar-refractivity contribution in [1.82, 2.24) is 0 Å². The van der Waals surface area contributed by atoms with Gasteiger partial charge in [-0.05, 0) is 6.92 Å². The van der Waals surface area contributed by atoms with Crippen molar-refractivity contribution in [3.05, 3.63) is 12.2 Å². The van der Waals surface area contributed by atoms with Gasteiger partial charge in [-0.1, -0.05) is 6.58 Å². The number of carbonyl (C=O) groups excluding carboxylic acids is 1. The van der Waals surface area contributed by atoms with Crippen molar-refractivity contribution in [3.8, 4) is 0 Å². The maximum absolute atomic E-state index is 14.1. The van der Waals surface area contributed by atoms with E-state index in [1.165, 1.54) is 0 Å². The highest BCUT2D eigenvalue weighted by Crippen LogP contribution is 2.68. The van der Waals surface area contributed by atoms with E-state index in [4.69, 9.17) is 0 Å². The van der Waals surface area contributed by atoms with Crippen LogP contribution in [-0.4, -0.2) is 83.4 Å². The summed E-state index contributed by atoms with van der Waals surface area (Å²) in [4.78, 5) is 11.0. The first kappa shape index (κ1) is 43.3. The van der Waals surface area contributed by atoms with Gasteiger partial charge >= 0.3 is 83.4 Å². The molecule has 0 aliphatic heterocycles. The third-order valence-electron chi connectivity index (χ3n) is 5.26. The van der Waals surface area contributed by atoms with Crippen molar-refractivity contribution in [2.75, 3.05) is 0 Å². The molecule has 0 aromatic heterocycles. The van der Waals surface area contributed by atoms with Crippen LogP contribution in [0.3, 0.4) is 0 Å². The minimum absolute atomic E-state index is 0.0326. The summed E-state index contributed by atoms with van der Waals surface area (Å²) >= 11 is 0. The molecule has 0 fully saturated rings. The van der Waals surface area contributed by atoms with Gasteiger partial charge in [-0.2, -0.15) is 119 Å². The van der Waals surface area contributed by atoms with Crippen LogP contribution in [0.1, 0.15) is 6.92 Å². The predicted molar refractivity (Wildman–Crippen MR) is 86.3 cm³/mol. The summed E-state index contributed by atoms with van der Waals surface area (Å²) < 4.78 is 362. The Balaban J connectivity index is 7.62. The van der Waals surface area contributed by atoms with Crippen LogP contribution in [0.4, 0.5) is 119 Å². The van der Waals surface area contributed by atoms with E-state index >= 15 is 0 Å². The normalized spacial score (nSPS) is 17.5. The smallest absolute Gasteiger partial charge is 0.411 e. The number of esters is 1. The van der Waals surface area contributed by atoms with Crippen LogP contribution in [0.25, 0.3) is 0 Å². The summed E-state index contributed by atoms with van der Waals surface area (Å²) in [6.07, 6.45) is -16.4. The van der Waals surface area contributed by atoms with Gasteiger partial charge in [0.1, 0.15) is 0 Å². The zero-order valence-corrected chi connectivity index (χ0v) is 20.2. The molecular formula is C17H5F27O2. The molecule has 0 aliphatic rings. The van der Waals surface area contributed by atoms with Gasteiger partial charge in [0, 0.05) is 5.57 Å². The third-order valence-corrected chi connectivity index (χ3v) is 5.26. The predicted octanol–water partition coefficient (Wildman–Crippen LogP) is 9.25. The standard InChI is InChI=1S/C17H5F27O2/c1-3(2)4(45)46-15(38,17(42,43)44)13(34,35)11(30,31)9(26,27)7(22,23)5(18,19)6(20,21)8(24,25)10(28,29)12(32,33)14(36,37)16(39,40)41/h1H2,2H3. The van der Waals surface area contributed by atoms with Gasteiger partial charge in [0.15, 0.2) is 0 Å². The molecule has 29 heteroatoms. The summed E-state index contributed by atoms with van der Waals surface area (Å²) in [6.45, 7) is 2.25. The van der Waals surface area contributed by atoms with Crippen LogP contribution in [0, 0.1) is 0 Å². The van der Waals surface area contributed by atoms with E-state index in [1.807, 2.05) is 0 Å². The number of hydrogen-bond acceptors (Lipinski definition) is 2. The minimum atomic E-state index is -9.84. The van der Waals surface area contributed by atoms with Gasteiger partial charge in [0.05, 0.1) is 0 Å². The second kappa shape index (κ2) is 10.7. The van der Waals surface area contributed by atoms with Crippen LogP contribution in [-0.2, 0) is 9.53 Å². The number of hydrogen-bond donors (Lipinski definition) is 0. The average molecular weight is 754 g/mol. The third kappa shape index (κ3) is 5.14. The molecule has 0 heterocycles. The average Bonchev–Trinajstić information content (AvgIpc) is 2.80. The number of rotatable bonds is 12. The summed E-state index contributed by atoms with van der Waals surface area (Å²) in [5.41, 5.74) is -1.77. The Morgan fingerprint density at radius 1 is 0.370 bits per heavy atom. The Morgan fingerprint density at radius 3 is 0.739 bits per heavy atom. The number of ether oxygens (including phenoxy) is 1. The molecule has 0 spiro atoms. The summed E-state index contributed by atoms with van der Waals surface area (Å²) in [6, 6.07) is 0. The fraction of sp³-hybridized carbons (Fsp3) is 0.824. The quantitative estimate of drug-likeness (QED) is 0.113.